The highest BCUT2D eigenvalue weighted by Gasteiger charge is 2.15. The lowest BCUT2D eigenvalue weighted by atomic mass is 10.1. The summed E-state index contributed by atoms with van der Waals surface area (Å²) in [6.45, 7) is 9.20. The molecule has 4 nitrogen and oxygen atoms in total. The fourth-order valence-corrected chi connectivity index (χ4v) is 3.03. The van der Waals surface area contributed by atoms with Crippen LogP contribution in [-0.4, -0.2) is 17.4 Å². The van der Waals surface area contributed by atoms with Gasteiger partial charge < -0.3 is 10.1 Å². The van der Waals surface area contributed by atoms with Gasteiger partial charge in [-0.3, -0.25) is 4.79 Å². The standard InChI is InChI=1S/C18H24N2O2S/c1-5-6-9-19-18(21)17-14(4)20-16(23-17)11-22-15-8-7-12(2)13(3)10-15/h7-8,10H,5-6,9,11H2,1-4H3,(H,19,21). The second-order valence-electron chi connectivity index (χ2n) is 5.67. The van der Waals surface area contributed by atoms with Crippen LogP contribution in [-0.2, 0) is 6.61 Å². The van der Waals surface area contributed by atoms with E-state index in [9.17, 15) is 4.79 Å². The normalized spacial score (nSPS) is 10.6. The summed E-state index contributed by atoms with van der Waals surface area (Å²) >= 11 is 1.40. The summed E-state index contributed by atoms with van der Waals surface area (Å²) < 4.78 is 5.79. The van der Waals surface area contributed by atoms with Gasteiger partial charge in [0, 0.05) is 6.54 Å². The summed E-state index contributed by atoms with van der Waals surface area (Å²) in [4.78, 5) is 17.3. The number of ether oxygens (including phenoxy) is 1. The van der Waals surface area contributed by atoms with Gasteiger partial charge in [-0.2, -0.15) is 0 Å². The van der Waals surface area contributed by atoms with Crippen LogP contribution in [0.2, 0.25) is 0 Å². The molecule has 0 saturated carbocycles. The quantitative estimate of drug-likeness (QED) is 0.774. The average Bonchev–Trinajstić information content (AvgIpc) is 2.90. The van der Waals surface area contributed by atoms with Crippen LogP contribution in [0.3, 0.4) is 0 Å². The zero-order valence-electron chi connectivity index (χ0n) is 14.2. The summed E-state index contributed by atoms with van der Waals surface area (Å²) in [6.07, 6.45) is 2.06. The second-order valence-corrected chi connectivity index (χ2v) is 6.75. The summed E-state index contributed by atoms with van der Waals surface area (Å²) in [7, 11) is 0. The lowest BCUT2D eigenvalue weighted by Crippen LogP contribution is -2.24. The Labute approximate surface area is 141 Å². The van der Waals surface area contributed by atoms with Crippen molar-refractivity contribution in [3.05, 3.63) is 44.9 Å². The van der Waals surface area contributed by atoms with Crippen molar-refractivity contribution in [3.63, 3.8) is 0 Å². The van der Waals surface area contributed by atoms with Crippen molar-refractivity contribution in [1.82, 2.24) is 10.3 Å². The van der Waals surface area contributed by atoms with Gasteiger partial charge in [-0.25, -0.2) is 4.98 Å². The lowest BCUT2D eigenvalue weighted by molar-refractivity contribution is 0.0956. The Bertz CT molecular complexity index is 680. The van der Waals surface area contributed by atoms with Crippen molar-refractivity contribution < 1.29 is 9.53 Å². The minimum atomic E-state index is -0.0362. The fraction of sp³-hybridized carbons (Fsp3) is 0.444. The Morgan fingerprint density at radius 2 is 2.04 bits per heavy atom. The highest BCUT2D eigenvalue weighted by Crippen LogP contribution is 2.21. The van der Waals surface area contributed by atoms with Gasteiger partial charge in [0.2, 0.25) is 0 Å². The number of nitrogens with zero attached hydrogens (tertiary/aromatic N) is 1. The van der Waals surface area contributed by atoms with Gasteiger partial charge in [0.05, 0.1) is 5.69 Å². The molecule has 1 N–H and O–H groups in total. The number of carbonyl (C=O) groups is 1. The molecule has 124 valence electrons. The van der Waals surface area contributed by atoms with E-state index in [1.54, 1.807) is 0 Å². The highest BCUT2D eigenvalue weighted by molar-refractivity contribution is 7.13. The van der Waals surface area contributed by atoms with Crippen LogP contribution >= 0.6 is 11.3 Å². The molecule has 0 aliphatic rings. The maximum Gasteiger partial charge on any atom is 0.263 e. The number of hydrogen-bond acceptors (Lipinski definition) is 4. The summed E-state index contributed by atoms with van der Waals surface area (Å²) in [6, 6.07) is 6.03. The van der Waals surface area contributed by atoms with E-state index in [0.29, 0.717) is 18.0 Å². The molecule has 0 fully saturated rings. The SMILES string of the molecule is CCCCNC(=O)c1sc(COc2ccc(C)c(C)c2)nc1C. The topological polar surface area (TPSA) is 51.2 Å². The number of benzene rings is 1. The molecule has 0 bridgehead atoms. The van der Waals surface area contributed by atoms with E-state index in [1.807, 2.05) is 25.1 Å². The Kier molecular flexibility index (Phi) is 6.16. The van der Waals surface area contributed by atoms with Gasteiger partial charge in [0.1, 0.15) is 22.2 Å². The van der Waals surface area contributed by atoms with Crippen LogP contribution < -0.4 is 10.1 Å². The molecule has 0 aliphatic heterocycles. The van der Waals surface area contributed by atoms with Crippen molar-refractivity contribution in [2.45, 2.75) is 47.1 Å². The number of nitrogens with one attached hydrogen (secondary N) is 1. The first-order valence-corrected chi connectivity index (χ1v) is 8.77. The third kappa shape index (κ3) is 4.79. The molecule has 0 saturated heterocycles. The molecule has 5 heteroatoms. The van der Waals surface area contributed by atoms with Crippen molar-refractivity contribution in [2.75, 3.05) is 6.54 Å². The maximum atomic E-state index is 12.1. The van der Waals surface area contributed by atoms with Crippen molar-refractivity contribution in [1.29, 1.82) is 0 Å². The minimum absolute atomic E-state index is 0.0362. The highest BCUT2D eigenvalue weighted by atomic mass is 32.1. The Hall–Kier alpha value is -1.88. The molecule has 1 amide bonds. The molecular weight excluding hydrogens is 308 g/mol. The largest absolute Gasteiger partial charge is 0.486 e. The number of hydrogen-bond donors (Lipinski definition) is 1. The number of carbonyl (C=O) groups excluding carboxylic acids is 1. The minimum Gasteiger partial charge on any atom is -0.486 e. The number of unbranched alkanes of at least 4 members (excludes halogenated alkanes) is 1. The zero-order valence-corrected chi connectivity index (χ0v) is 15.0. The van der Waals surface area contributed by atoms with E-state index < -0.39 is 0 Å². The average molecular weight is 332 g/mol. The third-order valence-corrected chi connectivity index (χ3v) is 4.83. The molecule has 0 atom stereocenters. The zero-order chi connectivity index (χ0) is 16.8. The number of amides is 1. The molecule has 1 heterocycles. The number of rotatable bonds is 7. The number of thiazole rings is 1. The molecule has 0 aliphatic carbocycles. The second kappa shape index (κ2) is 8.11. The van der Waals surface area contributed by atoms with Crippen LogP contribution in [0, 0.1) is 20.8 Å². The molecule has 0 spiro atoms. The van der Waals surface area contributed by atoms with Gasteiger partial charge >= 0.3 is 0 Å². The molecule has 23 heavy (non-hydrogen) atoms. The molecule has 0 radical (unpaired) electrons. The summed E-state index contributed by atoms with van der Waals surface area (Å²) in [5.41, 5.74) is 3.21. The van der Waals surface area contributed by atoms with E-state index in [2.05, 4.69) is 31.1 Å². The van der Waals surface area contributed by atoms with Crippen LogP contribution in [0.25, 0.3) is 0 Å². The van der Waals surface area contributed by atoms with Crippen LogP contribution in [0.4, 0.5) is 0 Å². The van der Waals surface area contributed by atoms with Gasteiger partial charge in [-0.1, -0.05) is 19.4 Å². The molecule has 2 rings (SSSR count). The Morgan fingerprint density at radius 3 is 2.74 bits per heavy atom. The molecule has 2 aromatic rings. The van der Waals surface area contributed by atoms with Gasteiger partial charge in [0.15, 0.2) is 0 Å². The number of aromatic nitrogens is 1. The maximum absolute atomic E-state index is 12.1. The van der Waals surface area contributed by atoms with Crippen molar-refractivity contribution in [3.8, 4) is 5.75 Å². The first-order chi connectivity index (χ1) is 11.0. The first-order valence-electron chi connectivity index (χ1n) is 7.95. The third-order valence-electron chi connectivity index (χ3n) is 3.70. The molecule has 1 aromatic heterocycles. The monoisotopic (exact) mass is 332 g/mol. The van der Waals surface area contributed by atoms with E-state index in [-0.39, 0.29) is 5.91 Å². The molecule has 1 aromatic carbocycles. The lowest BCUT2D eigenvalue weighted by Gasteiger charge is -2.06. The molecular formula is C18H24N2O2S. The first kappa shape index (κ1) is 17.5. The Balaban J connectivity index is 1.97. The van der Waals surface area contributed by atoms with E-state index in [1.165, 1.54) is 22.5 Å². The van der Waals surface area contributed by atoms with E-state index in [4.69, 9.17) is 4.74 Å². The predicted octanol–water partition coefficient (Wildman–Crippen LogP) is 4.18. The fourth-order valence-electron chi connectivity index (χ4n) is 2.13. The summed E-state index contributed by atoms with van der Waals surface area (Å²) in [5.74, 6) is 0.792. The van der Waals surface area contributed by atoms with E-state index >= 15 is 0 Å². The smallest absolute Gasteiger partial charge is 0.263 e. The number of aryl methyl sites for hydroxylation is 3. The van der Waals surface area contributed by atoms with Gasteiger partial charge in [0.25, 0.3) is 5.91 Å². The van der Waals surface area contributed by atoms with Crippen LogP contribution in [0.5, 0.6) is 5.75 Å². The van der Waals surface area contributed by atoms with Gasteiger partial charge in [-0.05, 0) is 50.5 Å². The van der Waals surface area contributed by atoms with Crippen LogP contribution in [0.1, 0.15) is 51.3 Å². The van der Waals surface area contributed by atoms with Crippen LogP contribution in [0.15, 0.2) is 18.2 Å². The van der Waals surface area contributed by atoms with Gasteiger partial charge in [-0.15, -0.1) is 11.3 Å². The predicted molar refractivity (Wildman–Crippen MR) is 94.3 cm³/mol. The molecule has 0 unspecified atom stereocenters. The van der Waals surface area contributed by atoms with E-state index in [0.717, 1.165) is 29.3 Å². The van der Waals surface area contributed by atoms with Crippen molar-refractivity contribution >= 4 is 17.2 Å². The Morgan fingerprint density at radius 1 is 1.26 bits per heavy atom. The summed E-state index contributed by atoms with van der Waals surface area (Å²) in [5, 5.41) is 3.75. The van der Waals surface area contributed by atoms with Crippen molar-refractivity contribution in [2.24, 2.45) is 0 Å².